The van der Waals surface area contributed by atoms with Crippen molar-refractivity contribution >= 4 is 17.2 Å². The van der Waals surface area contributed by atoms with Gasteiger partial charge in [0.05, 0.1) is 4.88 Å². The maximum Gasteiger partial charge on any atom is 0.261 e. The average Bonchev–Trinajstić information content (AvgIpc) is 3.24. The Hall–Kier alpha value is -3.44. The largest absolute Gasteiger partial charge is 0.457 e. The van der Waals surface area contributed by atoms with Crippen LogP contribution < -0.4 is 10.1 Å². The predicted molar refractivity (Wildman–Crippen MR) is 112 cm³/mol. The summed E-state index contributed by atoms with van der Waals surface area (Å²) in [5.74, 6) is 1.44. The number of rotatable bonds is 6. The number of nitrogens with zero attached hydrogens (tertiary/aromatic N) is 1. The standard InChI is InChI=1S/C23H18N2O2S/c26-23(22-10-9-21(28-22)18-11-13-24-14-12-18)25-16-17-5-4-8-20(15-17)27-19-6-2-1-3-7-19/h1-15H,16H2,(H,25,26). The van der Waals surface area contributed by atoms with Crippen LogP contribution in [0.5, 0.6) is 11.5 Å². The third-order valence-corrected chi connectivity index (χ3v) is 5.26. The highest BCUT2D eigenvalue weighted by molar-refractivity contribution is 7.17. The van der Waals surface area contributed by atoms with Crippen LogP contribution in [0, 0.1) is 0 Å². The van der Waals surface area contributed by atoms with E-state index in [1.165, 1.54) is 11.3 Å². The van der Waals surface area contributed by atoms with Crippen molar-refractivity contribution in [2.75, 3.05) is 0 Å². The van der Waals surface area contributed by atoms with Crippen molar-refractivity contribution in [2.45, 2.75) is 6.54 Å². The van der Waals surface area contributed by atoms with E-state index >= 15 is 0 Å². The first kappa shape index (κ1) is 17.9. The van der Waals surface area contributed by atoms with Crippen LogP contribution in [0.15, 0.2) is 91.3 Å². The van der Waals surface area contributed by atoms with Gasteiger partial charge in [-0.1, -0.05) is 30.3 Å². The lowest BCUT2D eigenvalue weighted by molar-refractivity contribution is 0.0955. The molecule has 4 rings (SSSR count). The summed E-state index contributed by atoms with van der Waals surface area (Å²) in [5, 5.41) is 2.97. The number of hydrogen-bond donors (Lipinski definition) is 1. The molecule has 0 atom stereocenters. The van der Waals surface area contributed by atoms with Gasteiger partial charge in [-0.05, 0) is 59.7 Å². The van der Waals surface area contributed by atoms with Crippen LogP contribution in [-0.4, -0.2) is 10.9 Å². The number of ether oxygens (including phenoxy) is 1. The van der Waals surface area contributed by atoms with Gasteiger partial charge in [-0.15, -0.1) is 11.3 Å². The predicted octanol–water partition coefficient (Wildman–Crippen LogP) is 5.53. The number of amides is 1. The molecule has 5 heteroatoms. The zero-order valence-electron chi connectivity index (χ0n) is 15.0. The van der Waals surface area contributed by atoms with Crippen LogP contribution >= 0.6 is 11.3 Å². The Kier molecular flexibility index (Phi) is 5.45. The maximum absolute atomic E-state index is 12.5. The lowest BCUT2D eigenvalue weighted by atomic mass is 10.2. The van der Waals surface area contributed by atoms with E-state index in [4.69, 9.17) is 4.74 Å². The molecule has 1 N–H and O–H groups in total. The van der Waals surface area contributed by atoms with Crippen molar-refractivity contribution < 1.29 is 9.53 Å². The van der Waals surface area contributed by atoms with Crippen molar-refractivity contribution in [2.24, 2.45) is 0 Å². The second kappa shape index (κ2) is 8.50. The van der Waals surface area contributed by atoms with Crippen LogP contribution in [0.3, 0.4) is 0 Å². The number of para-hydroxylation sites is 1. The average molecular weight is 386 g/mol. The van der Waals surface area contributed by atoms with Gasteiger partial charge in [0.15, 0.2) is 0 Å². The summed E-state index contributed by atoms with van der Waals surface area (Å²) in [7, 11) is 0. The minimum Gasteiger partial charge on any atom is -0.457 e. The Bertz CT molecular complexity index is 1060. The normalized spacial score (nSPS) is 10.4. The summed E-state index contributed by atoms with van der Waals surface area (Å²) in [6.45, 7) is 0.438. The molecule has 0 fully saturated rings. The first-order chi connectivity index (χ1) is 13.8. The number of nitrogens with one attached hydrogen (secondary N) is 1. The molecule has 0 saturated heterocycles. The molecule has 0 aliphatic heterocycles. The number of carbonyl (C=O) groups is 1. The smallest absolute Gasteiger partial charge is 0.261 e. The number of carbonyl (C=O) groups excluding carboxylic acids is 1. The van der Waals surface area contributed by atoms with Gasteiger partial charge in [-0.25, -0.2) is 0 Å². The topological polar surface area (TPSA) is 51.2 Å². The third kappa shape index (κ3) is 4.45. The highest BCUT2D eigenvalue weighted by atomic mass is 32.1. The van der Waals surface area contributed by atoms with Gasteiger partial charge in [-0.3, -0.25) is 9.78 Å². The van der Waals surface area contributed by atoms with Crippen LogP contribution in [0.2, 0.25) is 0 Å². The number of hydrogen-bond acceptors (Lipinski definition) is 4. The summed E-state index contributed by atoms with van der Waals surface area (Å²) < 4.78 is 5.85. The van der Waals surface area contributed by atoms with E-state index in [2.05, 4.69) is 10.3 Å². The molecule has 28 heavy (non-hydrogen) atoms. The molecule has 138 valence electrons. The van der Waals surface area contributed by atoms with Crippen LogP contribution in [0.1, 0.15) is 15.2 Å². The number of pyridine rings is 1. The Labute approximate surface area is 167 Å². The van der Waals surface area contributed by atoms with E-state index in [0.29, 0.717) is 11.4 Å². The number of aromatic nitrogens is 1. The van der Waals surface area contributed by atoms with Crippen molar-refractivity contribution in [3.8, 4) is 21.9 Å². The molecule has 0 unspecified atom stereocenters. The molecule has 0 aliphatic rings. The Balaban J connectivity index is 1.39. The second-order valence-electron chi connectivity index (χ2n) is 6.14. The van der Waals surface area contributed by atoms with E-state index in [9.17, 15) is 4.79 Å². The summed E-state index contributed by atoms with van der Waals surface area (Å²) in [5.41, 5.74) is 2.04. The van der Waals surface area contributed by atoms with Crippen LogP contribution in [0.4, 0.5) is 0 Å². The molecule has 2 aromatic heterocycles. The van der Waals surface area contributed by atoms with Gasteiger partial charge in [0.25, 0.3) is 5.91 Å². The molecule has 4 nitrogen and oxygen atoms in total. The second-order valence-corrected chi connectivity index (χ2v) is 7.23. The minimum atomic E-state index is -0.0836. The van der Waals surface area contributed by atoms with E-state index in [0.717, 1.165) is 27.5 Å². The van der Waals surface area contributed by atoms with Gasteiger partial charge in [-0.2, -0.15) is 0 Å². The fourth-order valence-electron chi connectivity index (χ4n) is 2.74. The molecule has 2 heterocycles. The lowest BCUT2D eigenvalue weighted by Crippen LogP contribution is -2.21. The van der Waals surface area contributed by atoms with Crippen molar-refractivity contribution in [3.63, 3.8) is 0 Å². The number of benzene rings is 2. The van der Waals surface area contributed by atoms with E-state index in [1.807, 2.05) is 78.9 Å². The molecular weight excluding hydrogens is 368 g/mol. The highest BCUT2D eigenvalue weighted by Crippen LogP contribution is 2.27. The lowest BCUT2D eigenvalue weighted by Gasteiger charge is -2.08. The highest BCUT2D eigenvalue weighted by Gasteiger charge is 2.10. The zero-order valence-corrected chi connectivity index (χ0v) is 15.9. The molecule has 0 radical (unpaired) electrons. The van der Waals surface area contributed by atoms with Gasteiger partial charge in [0.2, 0.25) is 0 Å². The molecule has 0 aliphatic carbocycles. The Morgan fingerprint density at radius 3 is 2.50 bits per heavy atom. The maximum atomic E-state index is 12.5. The third-order valence-electron chi connectivity index (χ3n) is 4.13. The monoisotopic (exact) mass is 386 g/mol. The van der Waals surface area contributed by atoms with Gasteiger partial charge in [0, 0.05) is 23.8 Å². The molecule has 1 amide bonds. The molecular formula is C23H18N2O2S. The van der Waals surface area contributed by atoms with E-state index in [1.54, 1.807) is 12.4 Å². The molecule has 2 aromatic carbocycles. The van der Waals surface area contributed by atoms with Crippen LogP contribution in [-0.2, 0) is 6.54 Å². The van der Waals surface area contributed by atoms with Crippen molar-refractivity contribution in [1.82, 2.24) is 10.3 Å². The molecule has 4 aromatic rings. The van der Waals surface area contributed by atoms with Gasteiger partial charge in [0.1, 0.15) is 11.5 Å². The van der Waals surface area contributed by atoms with E-state index < -0.39 is 0 Å². The Morgan fingerprint density at radius 2 is 1.68 bits per heavy atom. The first-order valence-corrected chi connectivity index (χ1v) is 9.70. The zero-order chi connectivity index (χ0) is 19.2. The summed E-state index contributed by atoms with van der Waals surface area (Å²) >= 11 is 1.47. The number of thiophene rings is 1. The van der Waals surface area contributed by atoms with Crippen LogP contribution in [0.25, 0.3) is 10.4 Å². The first-order valence-electron chi connectivity index (χ1n) is 8.88. The quantitative estimate of drug-likeness (QED) is 0.474. The summed E-state index contributed by atoms with van der Waals surface area (Å²) in [4.78, 5) is 18.2. The van der Waals surface area contributed by atoms with Gasteiger partial charge >= 0.3 is 0 Å². The van der Waals surface area contributed by atoms with E-state index in [-0.39, 0.29) is 5.91 Å². The van der Waals surface area contributed by atoms with Crippen molar-refractivity contribution in [1.29, 1.82) is 0 Å². The minimum absolute atomic E-state index is 0.0836. The fourth-order valence-corrected chi connectivity index (χ4v) is 3.67. The van der Waals surface area contributed by atoms with Crippen molar-refractivity contribution in [3.05, 3.63) is 102 Å². The summed E-state index contributed by atoms with van der Waals surface area (Å²) in [6.07, 6.45) is 3.50. The molecule has 0 spiro atoms. The molecule has 0 saturated carbocycles. The summed E-state index contributed by atoms with van der Waals surface area (Å²) in [6, 6.07) is 25.0. The van der Waals surface area contributed by atoms with Gasteiger partial charge < -0.3 is 10.1 Å². The SMILES string of the molecule is O=C(NCc1cccc(Oc2ccccc2)c1)c1ccc(-c2ccncc2)s1. The fraction of sp³-hybridized carbons (Fsp3) is 0.0435. The Morgan fingerprint density at radius 1 is 0.893 bits per heavy atom. The molecule has 0 bridgehead atoms.